The molecule has 0 saturated heterocycles. The van der Waals surface area contributed by atoms with Crippen LogP contribution in [0.5, 0.6) is 11.5 Å². The van der Waals surface area contributed by atoms with Crippen molar-refractivity contribution in [2.75, 3.05) is 13.6 Å². The lowest BCUT2D eigenvalue weighted by Crippen LogP contribution is -2.30. The van der Waals surface area contributed by atoms with Crippen molar-refractivity contribution in [2.24, 2.45) is 5.92 Å². The minimum absolute atomic E-state index is 0.00736. The molecule has 3 unspecified atom stereocenters. The van der Waals surface area contributed by atoms with Gasteiger partial charge in [-0.05, 0) is 23.5 Å². The lowest BCUT2D eigenvalue weighted by molar-refractivity contribution is -0.127. The summed E-state index contributed by atoms with van der Waals surface area (Å²) in [6.07, 6.45) is 0. The fourth-order valence-electron chi connectivity index (χ4n) is 2.97. The van der Waals surface area contributed by atoms with Gasteiger partial charge in [0, 0.05) is 32.0 Å². The van der Waals surface area contributed by atoms with Crippen molar-refractivity contribution in [3.05, 3.63) is 23.3 Å². The fraction of sp³-hybridized carbons (Fsp3) is 0.533. The molecule has 19 heavy (non-hydrogen) atoms. The van der Waals surface area contributed by atoms with E-state index in [1.165, 1.54) is 13.0 Å². The maximum atomic E-state index is 11.4. The van der Waals surface area contributed by atoms with Crippen LogP contribution in [0.2, 0.25) is 0 Å². The van der Waals surface area contributed by atoms with Gasteiger partial charge in [-0.3, -0.25) is 4.79 Å². The van der Waals surface area contributed by atoms with Crippen LogP contribution in [0.1, 0.15) is 43.7 Å². The van der Waals surface area contributed by atoms with Gasteiger partial charge in [-0.25, -0.2) is 0 Å². The van der Waals surface area contributed by atoms with Crippen LogP contribution < -0.4 is 0 Å². The number of likely N-dealkylation sites (N-methyl/N-ethyl adjacent to an activating group) is 1. The number of benzene rings is 1. The zero-order valence-electron chi connectivity index (χ0n) is 11.8. The predicted molar refractivity (Wildman–Crippen MR) is 73.4 cm³/mol. The average molecular weight is 263 g/mol. The lowest BCUT2D eigenvalue weighted by atomic mass is 9.89. The van der Waals surface area contributed by atoms with Crippen LogP contribution in [0.4, 0.5) is 0 Å². The van der Waals surface area contributed by atoms with E-state index in [2.05, 4.69) is 13.8 Å². The third kappa shape index (κ3) is 2.15. The quantitative estimate of drug-likeness (QED) is 0.805. The number of amides is 1. The highest BCUT2D eigenvalue weighted by atomic mass is 16.3. The van der Waals surface area contributed by atoms with Gasteiger partial charge in [0.25, 0.3) is 0 Å². The van der Waals surface area contributed by atoms with Crippen molar-refractivity contribution in [3.63, 3.8) is 0 Å². The number of phenols is 2. The number of phenolic OH excluding ortho intramolecular Hbond substituents is 2. The fourth-order valence-corrected chi connectivity index (χ4v) is 2.97. The van der Waals surface area contributed by atoms with E-state index < -0.39 is 0 Å². The average Bonchev–Trinajstić information content (AvgIpc) is 2.59. The van der Waals surface area contributed by atoms with Crippen molar-refractivity contribution >= 4 is 5.91 Å². The Kier molecular flexibility index (Phi) is 3.43. The van der Waals surface area contributed by atoms with Gasteiger partial charge >= 0.3 is 0 Å². The van der Waals surface area contributed by atoms with Gasteiger partial charge in [0.1, 0.15) is 0 Å². The normalized spacial score (nSPS) is 25.2. The maximum absolute atomic E-state index is 11.4. The molecule has 2 rings (SSSR count). The van der Waals surface area contributed by atoms with Crippen LogP contribution in [0, 0.1) is 5.92 Å². The minimum Gasteiger partial charge on any atom is -0.504 e. The van der Waals surface area contributed by atoms with Crippen LogP contribution in [-0.2, 0) is 4.79 Å². The van der Waals surface area contributed by atoms with Crippen molar-refractivity contribution in [1.29, 1.82) is 0 Å². The van der Waals surface area contributed by atoms with E-state index in [-0.39, 0.29) is 23.3 Å². The Morgan fingerprint density at radius 2 is 1.95 bits per heavy atom. The number of aromatic hydroxyl groups is 2. The van der Waals surface area contributed by atoms with Gasteiger partial charge in [-0.15, -0.1) is 0 Å². The summed E-state index contributed by atoms with van der Waals surface area (Å²) in [7, 11) is 1.76. The summed E-state index contributed by atoms with van der Waals surface area (Å²) in [5.41, 5.74) is 1.87. The zero-order chi connectivity index (χ0) is 14.3. The summed E-state index contributed by atoms with van der Waals surface area (Å²) in [6.45, 7) is 6.34. The predicted octanol–water partition coefficient (Wildman–Crippen LogP) is 2.41. The second-order valence-corrected chi connectivity index (χ2v) is 5.59. The third-order valence-electron chi connectivity index (χ3n) is 4.52. The van der Waals surface area contributed by atoms with Gasteiger partial charge in [-0.2, -0.15) is 0 Å². The number of fused-ring (bicyclic) bond motifs is 1. The topological polar surface area (TPSA) is 60.8 Å². The van der Waals surface area contributed by atoms with Gasteiger partial charge < -0.3 is 15.1 Å². The monoisotopic (exact) mass is 263 g/mol. The molecule has 104 valence electrons. The second kappa shape index (κ2) is 4.76. The largest absolute Gasteiger partial charge is 0.504 e. The summed E-state index contributed by atoms with van der Waals surface area (Å²) in [5, 5.41) is 19.8. The zero-order valence-corrected chi connectivity index (χ0v) is 11.8. The lowest BCUT2D eigenvalue weighted by Gasteiger charge is -2.25. The van der Waals surface area contributed by atoms with E-state index in [4.69, 9.17) is 0 Å². The second-order valence-electron chi connectivity index (χ2n) is 5.59. The molecule has 1 amide bonds. The number of carbonyl (C=O) groups is 1. The van der Waals surface area contributed by atoms with Crippen LogP contribution in [0.3, 0.4) is 0 Å². The highest BCUT2D eigenvalue weighted by Gasteiger charge is 2.38. The van der Waals surface area contributed by atoms with Crippen LogP contribution in [0.25, 0.3) is 0 Å². The smallest absolute Gasteiger partial charge is 0.219 e. The number of carbonyl (C=O) groups excluding carboxylic acids is 1. The molecular weight excluding hydrogens is 242 g/mol. The molecule has 1 aromatic carbocycles. The molecule has 1 aliphatic rings. The first kappa shape index (κ1) is 13.7. The van der Waals surface area contributed by atoms with Gasteiger partial charge in [-0.1, -0.05) is 19.9 Å². The summed E-state index contributed by atoms with van der Waals surface area (Å²) in [5.74, 6) is 0.585. The highest BCUT2D eigenvalue weighted by molar-refractivity contribution is 5.73. The summed E-state index contributed by atoms with van der Waals surface area (Å²) in [6, 6.07) is 3.41. The molecule has 4 nitrogen and oxygen atoms in total. The summed E-state index contributed by atoms with van der Waals surface area (Å²) in [4.78, 5) is 13.1. The van der Waals surface area contributed by atoms with E-state index in [0.29, 0.717) is 18.4 Å². The molecular formula is C15H21NO3. The molecule has 4 heteroatoms. The molecule has 0 radical (unpaired) electrons. The number of nitrogens with zero attached hydrogens (tertiary/aromatic N) is 1. The SMILES string of the molecule is CC(=O)N(C)CC1c2c(ccc(O)c2O)C(C)C1C. The van der Waals surface area contributed by atoms with Crippen molar-refractivity contribution in [1.82, 2.24) is 4.90 Å². The van der Waals surface area contributed by atoms with Crippen LogP contribution >= 0.6 is 0 Å². The Labute approximate surface area is 113 Å². The van der Waals surface area contributed by atoms with E-state index >= 15 is 0 Å². The molecule has 0 spiro atoms. The van der Waals surface area contributed by atoms with E-state index in [1.807, 2.05) is 6.07 Å². The first-order valence-electron chi connectivity index (χ1n) is 6.61. The van der Waals surface area contributed by atoms with Crippen LogP contribution in [0.15, 0.2) is 12.1 Å². The Hall–Kier alpha value is -1.71. The molecule has 1 aliphatic carbocycles. The van der Waals surface area contributed by atoms with Gasteiger partial charge in [0.2, 0.25) is 5.91 Å². The minimum atomic E-state index is -0.0875. The number of hydrogen-bond donors (Lipinski definition) is 2. The first-order valence-corrected chi connectivity index (χ1v) is 6.61. The highest BCUT2D eigenvalue weighted by Crippen LogP contribution is 2.51. The molecule has 0 aliphatic heterocycles. The molecule has 0 heterocycles. The molecule has 0 saturated carbocycles. The standard InChI is InChI=1S/C15H21NO3/c1-8-9(2)12(7-16(4)10(3)17)14-11(8)5-6-13(18)15(14)19/h5-6,8-9,12,18-19H,7H2,1-4H3. The van der Waals surface area contributed by atoms with Crippen molar-refractivity contribution in [2.45, 2.75) is 32.6 Å². The number of hydrogen-bond acceptors (Lipinski definition) is 3. The third-order valence-corrected chi connectivity index (χ3v) is 4.52. The molecule has 0 aromatic heterocycles. The molecule has 2 N–H and O–H groups in total. The molecule has 1 aromatic rings. The Morgan fingerprint density at radius 1 is 1.32 bits per heavy atom. The summed E-state index contributed by atoms with van der Waals surface area (Å²) < 4.78 is 0. The Bertz CT molecular complexity index is 512. The van der Waals surface area contributed by atoms with Crippen LogP contribution in [-0.4, -0.2) is 34.6 Å². The Balaban J connectivity index is 2.42. The molecule has 3 atom stereocenters. The van der Waals surface area contributed by atoms with E-state index in [0.717, 1.165) is 11.1 Å². The van der Waals surface area contributed by atoms with Crippen molar-refractivity contribution in [3.8, 4) is 11.5 Å². The molecule has 0 fully saturated rings. The summed E-state index contributed by atoms with van der Waals surface area (Å²) >= 11 is 0. The van der Waals surface area contributed by atoms with Crippen molar-refractivity contribution < 1.29 is 15.0 Å². The van der Waals surface area contributed by atoms with Gasteiger partial charge in [0.05, 0.1) is 0 Å². The van der Waals surface area contributed by atoms with E-state index in [9.17, 15) is 15.0 Å². The first-order chi connectivity index (χ1) is 8.84. The number of rotatable bonds is 2. The molecule has 0 bridgehead atoms. The van der Waals surface area contributed by atoms with Gasteiger partial charge in [0.15, 0.2) is 11.5 Å². The van der Waals surface area contributed by atoms with E-state index in [1.54, 1.807) is 11.9 Å². The Morgan fingerprint density at radius 3 is 2.53 bits per heavy atom. The maximum Gasteiger partial charge on any atom is 0.219 e.